The molecule has 3 rings (SSSR count). The van der Waals surface area contributed by atoms with Crippen molar-refractivity contribution in [1.29, 1.82) is 0 Å². The van der Waals surface area contributed by atoms with Gasteiger partial charge in [-0.1, -0.05) is 37.3 Å². The number of ether oxygens (including phenoxy) is 1. The number of benzene rings is 1. The molecule has 1 amide bonds. The molecule has 0 saturated carbocycles. The summed E-state index contributed by atoms with van der Waals surface area (Å²) < 4.78 is 6.81. The SMILES string of the molecule is COCCn1ccc(C(=O)N2CCCC(C)(c3ccccc3)C2)n1. The zero-order valence-corrected chi connectivity index (χ0v) is 14.4. The van der Waals surface area contributed by atoms with E-state index in [1.54, 1.807) is 17.9 Å². The molecule has 1 fully saturated rings. The molecule has 1 aromatic carbocycles. The molecule has 5 nitrogen and oxygen atoms in total. The third-order valence-corrected chi connectivity index (χ3v) is 4.84. The Bertz CT molecular complexity index is 683. The summed E-state index contributed by atoms with van der Waals surface area (Å²) in [6, 6.07) is 12.3. The average molecular weight is 327 g/mol. The van der Waals surface area contributed by atoms with Gasteiger partial charge >= 0.3 is 0 Å². The highest BCUT2D eigenvalue weighted by molar-refractivity contribution is 5.92. The van der Waals surface area contributed by atoms with Crippen LogP contribution in [0.3, 0.4) is 0 Å². The zero-order chi connectivity index (χ0) is 17.0. The van der Waals surface area contributed by atoms with Crippen molar-refractivity contribution in [2.24, 2.45) is 0 Å². The van der Waals surface area contributed by atoms with E-state index in [2.05, 4.69) is 36.3 Å². The fraction of sp³-hybridized carbons (Fsp3) is 0.474. The Balaban J connectivity index is 1.72. The lowest BCUT2D eigenvalue weighted by atomic mass is 9.76. The molecule has 1 saturated heterocycles. The molecular formula is C19H25N3O2. The number of piperidine rings is 1. The normalized spacial score (nSPS) is 21.0. The lowest BCUT2D eigenvalue weighted by Crippen LogP contribution is -2.47. The summed E-state index contributed by atoms with van der Waals surface area (Å²) >= 11 is 0. The summed E-state index contributed by atoms with van der Waals surface area (Å²) in [5.74, 6) is 0.0213. The van der Waals surface area contributed by atoms with Crippen LogP contribution in [-0.2, 0) is 16.7 Å². The number of nitrogens with zero attached hydrogens (tertiary/aromatic N) is 3. The highest BCUT2D eigenvalue weighted by Gasteiger charge is 2.35. The molecule has 0 N–H and O–H groups in total. The predicted molar refractivity (Wildman–Crippen MR) is 93.0 cm³/mol. The molecule has 1 aliphatic rings. The Labute approximate surface area is 143 Å². The Morgan fingerprint density at radius 2 is 2.08 bits per heavy atom. The largest absolute Gasteiger partial charge is 0.383 e. The highest BCUT2D eigenvalue weighted by atomic mass is 16.5. The second-order valence-corrected chi connectivity index (χ2v) is 6.71. The number of hydrogen-bond donors (Lipinski definition) is 0. The van der Waals surface area contributed by atoms with E-state index in [0.717, 1.165) is 25.9 Å². The molecule has 24 heavy (non-hydrogen) atoms. The first-order chi connectivity index (χ1) is 11.6. The van der Waals surface area contributed by atoms with Crippen LogP contribution in [0.4, 0.5) is 0 Å². The third-order valence-electron chi connectivity index (χ3n) is 4.84. The summed E-state index contributed by atoms with van der Waals surface area (Å²) in [6.07, 6.45) is 3.96. The van der Waals surface area contributed by atoms with E-state index >= 15 is 0 Å². The fourth-order valence-electron chi connectivity index (χ4n) is 3.44. The maximum absolute atomic E-state index is 12.8. The first-order valence-corrected chi connectivity index (χ1v) is 8.49. The number of likely N-dealkylation sites (tertiary alicyclic amines) is 1. The van der Waals surface area contributed by atoms with Gasteiger partial charge in [-0.3, -0.25) is 9.48 Å². The van der Waals surface area contributed by atoms with Crippen molar-refractivity contribution in [3.63, 3.8) is 0 Å². The second-order valence-electron chi connectivity index (χ2n) is 6.71. The molecule has 0 aliphatic carbocycles. The Kier molecular flexibility index (Phi) is 5.00. The standard InChI is InChI=1S/C19H25N3O2/c1-19(16-7-4-3-5-8-16)10-6-11-21(15-19)18(23)17-9-12-22(20-17)13-14-24-2/h3-5,7-9,12H,6,10-11,13-15H2,1-2H3. The van der Waals surface area contributed by atoms with Gasteiger partial charge in [-0.25, -0.2) is 0 Å². The average Bonchev–Trinajstić information content (AvgIpc) is 3.09. The van der Waals surface area contributed by atoms with Gasteiger partial charge in [0.2, 0.25) is 0 Å². The summed E-state index contributed by atoms with van der Waals surface area (Å²) in [6.45, 7) is 5.03. The van der Waals surface area contributed by atoms with Crippen LogP contribution in [0.25, 0.3) is 0 Å². The monoisotopic (exact) mass is 327 g/mol. The smallest absolute Gasteiger partial charge is 0.274 e. The number of rotatable bonds is 5. The van der Waals surface area contributed by atoms with Crippen LogP contribution in [0.5, 0.6) is 0 Å². The quantitative estimate of drug-likeness (QED) is 0.848. The Morgan fingerprint density at radius 1 is 1.29 bits per heavy atom. The summed E-state index contributed by atoms with van der Waals surface area (Å²) in [5.41, 5.74) is 1.82. The Hall–Kier alpha value is -2.14. The number of methoxy groups -OCH3 is 1. The minimum absolute atomic E-state index is 0.00772. The molecular weight excluding hydrogens is 302 g/mol. The van der Waals surface area contributed by atoms with Gasteiger partial charge in [-0.05, 0) is 24.5 Å². The van der Waals surface area contributed by atoms with E-state index in [0.29, 0.717) is 18.8 Å². The first-order valence-electron chi connectivity index (χ1n) is 8.49. The minimum Gasteiger partial charge on any atom is -0.383 e. The van der Waals surface area contributed by atoms with Crippen LogP contribution < -0.4 is 0 Å². The van der Waals surface area contributed by atoms with Crippen molar-refractivity contribution >= 4 is 5.91 Å². The van der Waals surface area contributed by atoms with Gasteiger partial charge < -0.3 is 9.64 Å². The van der Waals surface area contributed by atoms with Crippen molar-refractivity contribution in [3.05, 3.63) is 53.9 Å². The second kappa shape index (κ2) is 7.18. The molecule has 1 atom stereocenters. The lowest BCUT2D eigenvalue weighted by Gasteiger charge is -2.40. The van der Waals surface area contributed by atoms with Crippen molar-refractivity contribution < 1.29 is 9.53 Å². The molecule has 1 unspecified atom stereocenters. The van der Waals surface area contributed by atoms with Gasteiger partial charge in [0.1, 0.15) is 5.69 Å². The molecule has 1 aliphatic heterocycles. The van der Waals surface area contributed by atoms with Gasteiger partial charge in [0.05, 0.1) is 13.2 Å². The third kappa shape index (κ3) is 3.51. The number of hydrogen-bond acceptors (Lipinski definition) is 3. The molecule has 0 bridgehead atoms. The van der Waals surface area contributed by atoms with Crippen molar-refractivity contribution in [2.75, 3.05) is 26.8 Å². The van der Waals surface area contributed by atoms with Gasteiger partial charge in [0.25, 0.3) is 5.91 Å². The van der Waals surface area contributed by atoms with E-state index < -0.39 is 0 Å². The number of carbonyl (C=O) groups is 1. The molecule has 128 valence electrons. The molecule has 5 heteroatoms. The molecule has 1 aromatic heterocycles. The maximum atomic E-state index is 12.8. The van der Waals surface area contributed by atoms with E-state index in [1.165, 1.54) is 5.56 Å². The highest BCUT2D eigenvalue weighted by Crippen LogP contribution is 2.33. The lowest BCUT2D eigenvalue weighted by molar-refractivity contribution is 0.0643. The van der Waals surface area contributed by atoms with Gasteiger partial charge in [0.15, 0.2) is 0 Å². The summed E-state index contributed by atoms with van der Waals surface area (Å²) in [4.78, 5) is 14.8. The fourth-order valence-corrected chi connectivity index (χ4v) is 3.44. The number of carbonyl (C=O) groups excluding carboxylic acids is 1. The van der Waals surface area contributed by atoms with E-state index in [9.17, 15) is 4.79 Å². The van der Waals surface area contributed by atoms with Gasteiger partial charge in [-0.15, -0.1) is 0 Å². The molecule has 0 radical (unpaired) electrons. The van der Waals surface area contributed by atoms with E-state index in [4.69, 9.17) is 4.74 Å². The van der Waals surface area contributed by atoms with Crippen LogP contribution >= 0.6 is 0 Å². The van der Waals surface area contributed by atoms with Crippen molar-refractivity contribution in [1.82, 2.24) is 14.7 Å². The van der Waals surface area contributed by atoms with Crippen molar-refractivity contribution in [3.8, 4) is 0 Å². The molecule has 0 spiro atoms. The van der Waals surface area contributed by atoms with Gasteiger partial charge in [-0.2, -0.15) is 5.10 Å². The van der Waals surface area contributed by atoms with Crippen LogP contribution in [0.1, 0.15) is 35.8 Å². The molecule has 2 aromatic rings. The number of amides is 1. The van der Waals surface area contributed by atoms with E-state index in [1.807, 2.05) is 17.2 Å². The van der Waals surface area contributed by atoms with Crippen LogP contribution in [-0.4, -0.2) is 47.4 Å². The maximum Gasteiger partial charge on any atom is 0.274 e. The van der Waals surface area contributed by atoms with Crippen LogP contribution in [0, 0.1) is 0 Å². The van der Waals surface area contributed by atoms with Crippen LogP contribution in [0.2, 0.25) is 0 Å². The predicted octanol–water partition coefficient (Wildman–Crippen LogP) is 2.72. The zero-order valence-electron chi connectivity index (χ0n) is 14.4. The summed E-state index contributed by atoms with van der Waals surface area (Å²) in [5, 5.41) is 4.39. The van der Waals surface area contributed by atoms with Crippen molar-refractivity contribution in [2.45, 2.75) is 31.7 Å². The van der Waals surface area contributed by atoms with Crippen LogP contribution in [0.15, 0.2) is 42.6 Å². The molecule has 2 heterocycles. The topological polar surface area (TPSA) is 47.4 Å². The number of aromatic nitrogens is 2. The van der Waals surface area contributed by atoms with E-state index in [-0.39, 0.29) is 11.3 Å². The minimum atomic E-state index is 0.00772. The summed E-state index contributed by atoms with van der Waals surface area (Å²) in [7, 11) is 1.66. The first kappa shape index (κ1) is 16.7. The Morgan fingerprint density at radius 3 is 2.83 bits per heavy atom. The van der Waals surface area contributed by atoms with Gasteiger partial charge in [0, 0.05) is 31.8 Å².